The largest absolute Gasteiger partial charge is 0.495 e. The van der Waals surface area contributed by atoms with Gasteiger partial charge in [-0.05, 0) is 42.3 Å². The highest BCUT2D eigenvalue weighted by atomic mass is 32.2. The lowest BCUT2D eigenvalue weighted by atomic mass is 10.2. The number of ether oxygens (including phenoxy) is 1. The predicted octanol–water partition coefficient (Wildman–Crippen LogP) is 1.84. The van der Waals surface area contributed by atoms with Crippen LogP contribution < -0.4 is 15.1 Å². The Hall–Kier alpha value is -2.91. The number of hydrogen-bond acceptors (Lipinski definition) is 6. The van der Waals surface area contributed by atoms with E-state index in [9.17, 15) is 13.2 Å². The van der Waals surface area contributed by atoms with Crippen molar-refractivity contribution in [2.45, 2.75) is 11.8 Å². The van der Waals surface area contributed by atoms with Gasteiger partial charge in [0.25, 0.3) is 5.91 Å². The van der Waals surface area contributed by atoms with E-state index in [-0.39, 0.29) is 17.2 Å². The first-order valence-corrected chi connectivity index (χ1v) is 10.3. The minimum absolute atomic E-state index is 0.0137. The van der Waals surface area contributed by atoms with Crippen LogP contribution in [0.1, 0.15) is 11.1 Å². The molecule has 0 spiro atoms. The van der Waals surface area contributed by atoms with Crippen LogP contribution in [-0.2, 0) is 14.8 Å². The van der Waals surface area contributed by atoms with Crippen molar-refractivity contribution < 1.29 is 17.9 Å². The van der Waals surface area contributed by atoms with Gasteiger partial charge in [-0.2, -0.15) is 9.41 Å². The Morgan fingerprint density at radius 2 is 1.79 bits per heavy atom. The summed E-state index contributed by atoms with van der Waals surface area (Å²) in [4.78, 5) is 14.1. The summed E-state index contributed by atoms with van der Waals surface area (Å²) in [5, 5.41) is 3.89. The summed E-state index contributed by atoms with van der Waals surface area (Å²) in [6.45, 7) is 1.40. The number of sulfonamides is 1. The highest BCUT2D eigenvalue weighted by Gasteiger charge is 2.26. The molecule has 0 aliphatic heterocycles. The van der Waals surface area contributed by atoms with Crippen molar-refractivity contribution in [1.82, 2.24) is 9.73 Å². The fourth-order valence-corrected chi connectivity index (χ4v) is 3.88. The number of rotatable bonds is 8. The summed E-state index contributed by atoms with van der Waals surface area (Å²) >= 11 is 0. The van der Waals surface area contributed by atoms with Gasteiger partial charge in [0.05, 0.1) is 19.9 Å². The van der Waals surface area contributed by atoms with Crippen molar-refractivity contribution in [2.24, 2.45) is 5.10 Å². The molecule has 2 aromatic rings. The second kappa shape index (κ2) is 9.53. The zero-order valence-corrected chi connectivity index (χ0v) is 18.0. The number of anilines is 1. The minimum Gasteiger partial charge on any atom is -0.495 e. The Balaban J connectivity index is 2.02. The number of hydrazone groups is 1. The van der Waals surface area contributed by atoms with E-state index in [1.807, 2.05) is 43.3 Å². The van der Waals surface area contributed by atoms with E-state index in [0.29, 0.717) is 0 Å². The molecule has 2 aromatic carbocycles. The number of nitrogens with zero attached hydrogens (tertiary/aromatic N) is 3. The van der Waals surface area contributed by atoms with E-state index in [1.165, 1.54) is 26.4 Å². The van der Waals surface area contributed by atoms with Crippen molar-refractivity contribution in [2.75, 3.05) is 39.7 Å². The normalized spacial score (nSPS) is 11.7. The topological polar surface area (TPSA) is 91.3 Å². The van der Waals surface area contributed by atoms with Gasteiger partial charge >= 0.3 is 0 Å². The first kappa shape index (κ1) is 22.4. The number of carbonyl (C=O) groups excluding carboxylic acids is 1. The first-order valence-electron chi connectivity index (χ1n) is 8.85. The molecule has 1 amide bonds. The molecule has 0 radical (unpaired) electrons. The van der Waals surface area contributed by atoms with E-state index >= 15 is 0 Å². The molecule has 0 aromatic heterocycles. The molecule has 29 heavy (non-hydrogen) atoms. The number of amides is 1. The molecule has 0 heterocycles. The maximum Gasteiger partial charge on any atom is 0.255 e. The number of aryl methyl sites for hydroxylation is 1. The lowest BCUT2D eigenvalue weighted by molar-refractivity contribution is -0.121. The number of nitrogens with one attached hydrogen (secondary N) is 1. The van der Waals surface area contributed by atoms with Gasteiger partial charge in [-0.25, -0.2) is 13.8 Å². The molecule has 0 bridgehead atoms. The summed E-state index contributed by atoms with van der Waals surface area (Å²) in [5.74, 6) is -0.328. The smallest absolute Gasteiger partial charge is 0.255 e. The molecule has 0 saturated carbocycles. The summed E-state index contributed by atoms with van der Waals surface area (Å²) in [6, 6.07) is 12.4. The Morgan fingerprint density at radius 1 is 1.14 bits per heavy atom. The maximum absolute atomic E-state index is 12.8. The molecular formula is C20H26N4O4S. The van der Waals surface area contributed by atoms with Gasteiger partial charge in [-0.15, -0.1) is 0 Å². The number of carbonyl (C=O) groups is 1. The van der Waals surface area contributed by atoms with Crippen molar-refractivity contribution >= 4 is 27.8 Å². The molecule has 0 saturated heterocycles. The van der Waals surface area contributed by atoms with Gasteiger partial charge < -0.3 is 9.64 Å². The molecule has 0 aliphatic carbocycles. The average Bonchev–Trinajstić information content (AvgIpc) is 2.68. The van der Waals surface area contributed by atoms with Crippen LogP contribution in [0.15, 0.2) is 52.5 Å². The highest BCUT2D eigenvalue weighted by molar-refractivity contribution is 7.89. The van der Waals surface area contributed by atoms with E-state index in [1.54, 1.807) is 19.1 Å². The van der Waals surface area contributed by atoms with Crippen LogP contribution in [0.5, 0.6) is 5.75 Å². The molecule has 8 nitrogen and oxygen atoms in total. The van der Waals surface area contributed by atoms with Crippen LogP contribution in [0.25, 0.3) is 0 Å². The Kier molecular flexibility index (Phi) is 7.35. The number of likely N-dealkylation sites (N-methyl/N-ethyl adjacent to an activating group) is 1. The molecule has 0 unspecified atom stereocenters. The lowest BCUT2D eigenvalue weighted by Gasteiger charge is -2.18. The summed E-state index contributed by atoms with van der Waals surface area (Å²) in [5.41, 5.74) is 4.97. The Bertz CT molecular complexity index is 986. The molecule has 0 atom stereocenters. The van der Waals surface area contributed by atoms with Crippen LogP contribution in [0.2, 0.25) is 0 Å². The highest BCUT2D eigenvalue weighted by Crippen LogP contribution is 2.27. The summed E-state index contributed by atoms with van der Waals surface area (Å²) < 4.78 is 31.7. The molecule has 156 valence electrons. The Labute approximate surface area is 171 Å². The van der Waals surface area contributed by atoms with Gasteiger partial charge in [0, 0.05) is 26.8 Å². The SMILES string of the molecule is COc1ccc(C)cc1S(=O)(=O)N(C)CC(=O)NN=Cc1ccc(N(C)C)cc1. The Morgan fingerprint density at radius 3 is 2.38 bits per heavy atom. The van der Waals surface area contributed by atoms with Crippen molar-refractivity contribution in [1.29, 1.82) is 0 Å². The molecule has 9 heteroatoms. The van der Waals surface area contributed by atoms with E-state index in [0.717, 1.165) is 21.1 Å². The average molecular weight is 419 g/mol. The third-order valence-corrected chi connectivity index (χ3v) is 6.01. The van der Waals surface area contributed by atoms with E-state index < -0.39 is 15.9 Å². The van der Waals surface area contributed by atoms with Crippen molar-refractivity contribution in [3.05, 3.63) is 53.6 Å². The van der Waals surface area contributed by atoms with E-state index in [2.05, 4.69) is 10.5 Å². The third-order valence-electron chi connectivity index (χ3n) is 4.19. The number of methoxy groups -OCH3 is 1. The molecule has 1 N–H and O–H groups in total. The van der Waals surface area contributed by atoms with Gasteiger partial charge in [-0.3, -0.25) is 4.79 Å². The fourth-order valence-electron chi connectivity index (χ4n) is 2.51. The molecular weight excluding hydrogens is 392 g/mol. The predicted molar refractivity (Wildman–Crippen MR) is 114 cm³/mol. The van der Waals surface area contributed by atoms with Gasteiger partial charge in [0.1, 0.15) is 10.6 Å². The second-order valence-electron chi connectivity index (χ2n) is 6.69. The number of hydrogen-bond donors (Lipinski definition) is 1. The van der Waals surface area contributed by atoms with Crippen molar-refractivity contribution in [3.63, 3.8) is 0 Å². The minimum atomic E-state index is -3.90. The molecule has 0 fully saturated rings. The number of benzene rings is 2. The van der Waals surface area contributed by atoms with Crippen LogP contribution >= 0.6 is 0 Å². The van der Waals surface area contributed by atoms with Gasteiger partial charge in [0.15, 0.2) is 0 Å². The monoisotopic (exact) mass is 418 g/mol. The quantitative estimate of drug-likeness (QED) is 0.522. The second-order valence-corrected chi connectivity index (χ2v) is 8.71. The first-order chi connectivity index (χ1) is 13.6. The van der Waals surface area contributed by atoms with Crippen LogP contribution in [0.4, 0.5) is 5.69 Å². The molecule has 0 aliphatic rings. The van der Waals surface area contributed by atoms with E-state index in [4.69, 9.17) is 4.74 Å². The van der Waals surface area contributed by atoms with Crippen LogP contribution in [0.3, 0.4) is 0 Å². The standard InChI is InChI=1S/C20H26N4O4S/c1-15-6-11-18(28-5)19(12-15)29(26,27)24(4)14-20(25)22-21-13-16-7-9-17(10-8-16)23(2)3/h6-13H,14H2,1-5H3,(H,22,25). The summed E-state index contributed by atoms with van der Waals surface area (Å²) in [7, 11) is 2.72. The summed E-state index contributed by atoms with van der Waals surface area (Å²) in [6.07, 6.45) is 1.50. The van der Waals surface area contributed by atoms with Crippen molar-refractivity contribution in [3.8, 4) is 5.75 Å². The van der Waals surface area contributed by atoms with Gasteiger partial charge in [-0.1, -0.05) is 18.2 Å². The van der Waals surface area contributed by atoms with Gasteiger partial charge in [0.2, 0.25) is 10.0 Å². The fraction of sp³-hybridized carbons (Fsp3) is 0.300. The zero-order valence-electron chi connectivity index (χ0n) is 17.2. The maximum atomic E-state index is 12.8. The van der Waals surface area contributed by atoms with Crippen LogP contribution in [-0.4, -0.2) is 59.6 Å². The zero-order chi connectivity index (χ0) is 21.6. The lowest BCUT2D eigenvalue weighted by Crippen LogP contribution is -2.36. The molecule has 2 rings (SSSR count). The van der Waals surface area contributed by atoms with Crippen LogP contribution in [0, 0.1) is 6.92 Å². The third kappa shape index (κ3) is 5.78.